The van der Waals surface area contributed by atoms with Crippen LogP contribution in [0.2, 0.25) is 0 Å². The zero-order valence-corrected chi connectivity index (χ0v) is 12.2. The van der Waals surface area contributed by atoms with Gasteiger partial charge in [0, 0.05) is 22.3 Å². The lowest BCUT2D eigenvalue weighted by Gasteiger charge is -1.98. The predicted molar refractivity (Wildman–Crippen MR) is 76.0 cm³/mol. The lowest BCUT2D eigenvalue weighted by Crippen LogP contribution is -2.47. The quantitative estimate of drug-likeness (QED) is 0.369. The molecule has 0 spiro atoms. The monoisotopic (exact) mass is 318 g/mol. The number of hydrogen-bond acceptors (Lipinski definition) is 8. The normalized spacial score (nSPS) is 10.5. The van der Waals surface area contributed by atoms with Crippen LogP contribution in [0.3, 0.4) is 0 Å². The Bertz CT molecular complexity index is 1000. The van der Waals surface area contributed by atoms with E-state index in [0.717, 1.165) is 22.6 Å². The second-order valence-electron chi connectivity index (χ2n) is 4.56. The molecule has 24 heavy (non-hydrogen) atoms. The predicted octanol–water partition coefficient (Wildman–Crippen LogP) is -1.31. The van der Waals surface area contributed by atoms with Gasteiger partial charge in [0.05, 0.1) is 0 Å². The third kappa shape index (κ3) is 2.63. The summed E-state index contributed by atoms with van der Waals surface area (Å²) >= 11 is 0. The van der Waals surface area contributed by atoms with Crippen molar-refractivity contribution >= 4 is 0 Å². The van der Waals surface area contributed by atoms with Crippen molar-refractivity contribution in [3.63, 3.8) is 0 Å². The molecule has 5 rings (SSSR count). The number of pyridine rings is 2. The molecule has 0 bridgehead atoms. The second kappa shape index (κ2) is 6.12. The van der Waals surface area contributed by atoms with Gasteiger partial charge in [-0.05, 0) is 17.2 Å². The molecule has 2 aliphatic heterocycles. The molecule has 0 aromatic carbocycles. The van der Waals surface area contributed by atoms with Gasteiger partial charge in [0.2, 0.25) is 0 Å². The minimum atomic E-state index is 0.723. The highest BCUT2D eigenvalue weighted by Crippen LogP contribution is 1.94. The van der Waals surface area contributed by atoms with Gasteiger partial charge < -0.3 is 0 Å². The molecule has 0 aliphatic carbocycles. The van der Waals surface area contributed by atoms with Crippen LogP contribution in [0.4, 0.5) is 0 Å². The molecule has 10 nitrogen and oxygen atoms in total. The average Bonchev–Trinajstić information content (AvgIpc) is 2.67. The number of hydrogen-bond donors (Lipinski definition) is 0. The lowest BCUT2D eigenvalue weighted by atomic mass is 10.4. The molecule has 0 saturated carbocycles. The summed E-state index contributed by atoms with van der Waals surface area (Å²) in [7, 11) is 0. The van der Waals surface area contributed by atoms with Crippen LogP contribution >= 0.6 is 0 Å². The Kier molecular flexibility index (Phi) is 3.52. The molecule has 10 heteroatoms. The Hall–Kier alpha value is -3.82. The topological polar surface area (TPSA) is 111 Å². The van der Waals surface area contributed by atoms with Crippen molar-refractivity contribution in [2.45, 2.75) is 0 Å². The molecular weight excluding hydrogens is 308 g/mol. The highest BCUT2D eigenvalue weighted by Gasteiger charge is 2.21. The van der Waals surface area contributed by atoms with Crippen LogP contribution in [-0.2, 0) is 0 Å². The van der Waals surface area contributed by atoms with Crippen LogP contribution in [0.25, 0.3) is 11.6 Å². The van der Waals surface area contributed by atoms with E-state index < -0.39 is 0 Å². The fraction of sp³-hybridized carbons (Fsp3) is 0. The zero-order chi connectivity index (χ0) is 16.2. The lowest BCUT2D eigenvalue weighted by molar-refractivity contribution is -0.698. The third-order valence-corrected chi connectivity index (χ3v) is 3.04. The van der Waals surface area contributed by atoms with Gasteiger partial charge >= 0.3 is 11.0 Å². The summed E-state index contributed by atoms with van der Waals surface area (Å²) in [4.78, 5) is 8.20. The van der Waals surface area contributed by atoms with Crippen LogP contribution in [0.5, 0.6) is 0 Å². The highest BCUT2D eigenvalue weighted by molar-refractivity contribution is 5.09. The van der Waals surface area contributed by atoms with E-state index in [4.69, 9.17) is 0 Å². The molecule has 0 saturated heterocycles. The molecule has 0 atom stereocenters. The van der Waals surface area contributed by atoms with Gasteiger partial charge in [-0.25, -0.2) is 0 Å². The van der Waals surface area contributed by atoms with Crippen molar-refractivity contribution in [1.82, 2.24) is 40.6 Å². The zero-order valence-electron chi connectivity index (χ0n) is 12.2. The molecule has 114 valence electrons. The molecule has 0 radical (unpaired) electrons. The first-order chi connectivity index (χ1) is 11.9. The van der Waals surface area contributed by atoms with Gasteiger partial charge in [0.15, 0.2) is 6.33 Å². The van der Waals surface area contributed by atoms with Crippen molar-refractivity contribution in [2.24, 2.45) is 0 Å². The van der Waals surface area contributed by atoms with Gasteiger partial charge in [-0.1, -0.05) is 32.1 Å². The summed E-state index contributed by atoms with van der Waals surface area (Å²) in [6.07, 6.45) is 6.29. The molecule has 0 unspecified atom stereocenters. The standard InChI is InChI=1S/C7H4N5.C7H6N5/c1-2-4-8-5(3-1)12-7-6(11-12)9-10-7;1-2-4-8-7(3-1)12-6-10-9-5-11-12/h1-4H;1-6H/q2*+1. The first-order valence-electron chi connectivity index (χ1n) is 6.97. The van der Waals surface area contributed by atoms with Gasteiger partial charge in [0.25, 0.3) is 18.0 Å². The average molecular weight is 318 g/mol. The van der Waals surface area contributed by atoms with E-state index in [1.807, 2.05) is 36.4 Å². The van der Waals surface area contributed by atoms with E-state index in [9.17, 15) is 0 Å². The maximum atomic E-state index is 4.12. The fourth-order valence-corrected chi connectivity index (χ4v) is 1.90. The van der Waals surface area contributed by atoms with E-state index in [-0.39, 0.29) is 0 Å². The SMILES string of the molecule is c1ccc(-[n+]2cnncn2)nc1.c1ccc(-[n+]2nc3nnc2=3)nc1. The van der Waals surface area contributed by atoms with Gasteiger partial charge in [0.1, 0.15) is 12.4 Å². The summed E-state index contributed by atoms with van der Waals surface area (Å²) in [6.45, 7) is 0. The molecule has 0 amide bonds. The van der Waals surface area contributed by atoms with Crippen molar-refractivity contribution in [1.29, 1.82) is 0 Å². The van der Waals surface area contributed by atoms with Crippen LogP contribution in [0, 0.1) is 11.0 Å². The third-order valence-electron chi connectivity index (χ3n) is 3.04. The first kappa shape index (κ1) is 13.8. The van der Waals surface area contributed by atoms with Crippen molar-refractivity contribution in [2.75, 3.05) is 0 Å². The Balaban J connectivity index is 0.000000121. The molecule has 3 aromatic rings. The fourth-order valence-electron chi connectivity index (χ4n) is 1.90. The number of nitrogens with zero attached hydrogens (tertiary/aromatic N) is 10. The van der Waals surface area contributed by atoms with E-state index in [1.165, 1.54) is 12.7 Å². The highest BCUT2D eigenvalue weighted by atomic mass is 15.4. The molecule has 0 fully saturated rings. The Morgan fingerprint density at radius 1 is 0.792 bits per heavy atom. The largest absolute Gasteiger partial charge is 0.364 e. The van der Waals surface area contributed by atoms with E-state index >= 15 is 0 Å². The first-order valence-corrected chi connectivity index (χ1v) is 6.97. The van der Waals surface area contributed by atoms with Crippen molar-refractivity contribution in [3.8, 4) is 11.6 Å². The van der Waals surface area contributed by atoms with Gasteiger partial charge in [-0.2, -0.15) is 0 Å². The van der Waals surface area contributed by atoms with Gasteiger partial charge in [-0.3, -0.25) is 0 Å². The molecular formula is C14H10N10+2. The minimum Gasteiger partial charge on any atom is -0.110 e. The molecule has 0 N–H and O–H groups in total. The number of rotatable bonds is 2. The second-order valence-corrected chi connectivity index (χ2v) is 4.56. The molecule has 3 aromatic heterocycles. The van der Waals surface area contributed by atoms with Crippen molar-refractivity contribution < 1.29 is 9.36 Å². The van der Waals surface area contributed by atoms with Crippen LogP contribution < -0.4 is 9.36 Å². The Labute approximate surface area is 134 Å². The summed E-state index contributed by atoms with van der Waals surface area (Å²) < 4.78 is 3.22. The van der Waals surface area contributed by atoms with Crippen molar-refractivity contribution in [3.05, 3.63) is 72.4 Å². The molecule has 2 aliphatic rings. The Morgan fingerprint density at radius 3 is 2.08 bits per heavy atom. The smallest absolute Gasteiger partial charge is 0.110 e. The summed E-state index contributed by atoms with van der Waals surface area (Å²) in [5.41, 5.74) is 1.54. The van der Waals surface area contributed by atoms with Crippen LogP contribution in [0.1, 0.15) is 0 Å². The van der Waals surface area contributed by atoms with Gasteiger partial charge in [-0.15, -0.1) is 14.6 Å². The summed E-state index contributed by atoms with van der Waals surface area (Å²) in [5, 5.41) is 22.7. The maximum absolute atomic E-state index is 4.12. The number of aromatic nitrogens is 10. The minimum absolute atomic E-state index is 0.723. The van der Waals surface area contributed by atoms with Crippen LogP contribution in [0.15, 0.2) is 61.4 Å². The molecule has 5 heterocycles. The van der Waals surface area contributed by atoms with E-state index in [0.29, 0.717) is 0 Å². The summed E-state index contributed by atoms with van der Waals surface area (Å²) in [5.74, 6) is 1.52. The van der Waals surface area contributed by atoms with Crippen LogP contribution in [-0.4, -0.2) is 40.6 Å². The van der Waals surface area contributed by atoms with E-state index in [1.54, 1.807) is 21.8 Å². The van der Waals surface area contributed by atoms with E-state index in [2.05, 4.69) is 40.6 Å². The maximum Gasteiger partial charge on any atom is 0.364 e. The Morgan fingerprint density at radius 2 is 1.58 bits per heavy atom. The summed E-state index contributed by atoms with van der Waals surface area (Å²) in [6, 6.07) is 11.2.